The lowest BCUT2D eigenvalue weighted by Gasteiger charge is -2.09. The zero-order chi connectivity index (χ0) is 18.1. The maximum Gasteiger partial charge on any atom is 0.338 e. The third kappa shape index (κ3) is 2.69. The number of hydrogen-bond donors (Lipinski definition) is 2. The third-order valence-corrected chi connectivity index (χ3v) is 3.77. The van der Waals surface area contributed by atoms with Crippen molar-refractivity contribution in [2.45, 2.75) is 0 Å². The summed E-state index contributed by atoms with van der Waals surface area (Å²) in [6.45, 7) is 0. The van der Waals surface area contributed by atoms with Gasteiger partial charge in [-0.05, 0) is 6.07 Å². The molecule has 0 fully saturated rings. The van der Waals surface area contributed by atoms with Gasteiger partial charge in [0.1, 0.15) is 17.0 Å². The second kappa shape index (κ2) is 6.17. The number of rotatable bonds is 3. The second-order valence-corrected chi connectivity index (χ2v) is 5.46. The number of anilines is 1. The van der Waals surface area contributed by atoms with Crippen LogP contribution in [0.25, 0.3) is 33.8 Å². The predicted molar refractivity (Wildman–Crippen MR) is 95.2 cm³/mol. The van der Waals surface area contributed by atoms with Crippen molar-refractivity contribution in [1.29, 1.82) is 0 Å². The van der Waals surface area contributed by atoms with Gasteiger partial charge in [-0.3, -0.25) is 4.98 Å². The Kier molecular flexibility index (Phi) is 3.70. The van der Waals surface area contributed by atoms with E-state index < -0.39 is 5.97 Å². The fourth-order valence-electron chi connectivity index (χ4n) is 2.60. The van der Waals surface area contributed by atoms with E-state index >= 15 is 0 Å². The van der Waals surface area contributed by atoms with Crippen LogP contribution in [0.4, 0.5) is 5.82 Å². The van der Waals surface area contributed by atoms with Gasteiger partial charge in [-0.1, -0.05) is 30.3 Å². The van der Waals surface area contributed by atoms with Gasteiger partial charge in [0.15, 0.2) is 11.5 Å². The Balaban J connectivity index is 2.05. The quantitative estimate of drug-likeness (QED) is 0.580. The van der Waals surface area contributed by atoms with E-state index in [0.717, 1.165) is 5.56 Å². The van der Waals surface area contributed by atoms with E-state index in [2.05, 4.69) is 24.9 Å². The lowest BCUT2D eigenvalue weighted by Crippen LogP contribution is -2.05. The van der Waals surface area contributed by atoms with Gasteiger partial charge in [0, 0.05) is 23.5 Å². The molecule has 8 nitrogen and oxygen atoms in total. The maximum atomic E-state index is 11.5. The third-order valence-electron chi connectivity index (χ3n) is 3.77. The Morgan fingerprint density at radius 1 is 1.00 bits per heavy atom. The van der Waals surface area contributed by atoms with Crippen LogP contribution in [0, 0.1) is 0 Å². The molecule has 0 radical (unpaired) electrons. The van der Waals surface area contributed by atoms with Crippen LogP contribution < -0.4 is 5.73 Å². The minimum Gasteiger partial charge on any atom is -0.478 e. The number of carboxylic acid groups (broad SMARTS) is 1. The van der Waals surface area contributed by atoms with Crippen LogP contribution >= 0.6 is 0 Å². The van der Waals surface area contributed by atoms with Crippen molar-refractivity contribution in [1.82, 2.24) is 24.9 Å². The molecule has 1 aromatic carbocycles. The summed E-state index contributed by atoms with van der Waals surface area (Å²) in [5, 5.41) is 9.42. The van der Waals surface area contributed by atoms with Gasteiger partial charge in [0.25, 0.3) is 0 Å². The molecule has 0 bridgehead atoms. The van der Waals surface area contributed by atoms with Crippen molar-refractivity contribution >= 4 is 23.0 Å². The molecule has 4 aromatic rings. The molecule has 3 aromatic heterocycles. The number of carboxylic acids is 1. The molecule has 126 valence electrons. The maximum absolute atomic E-state index is 11.5. The summed E-state index contributed by atoms with van der Waals surface area (Å²) >= 11 is 0. The number of nitrogens with two attached hydrogens (primary N) is 1. The van der Waals surface area contributed by atoms with E-state index in [1.165, 1.54) is 18.6 Å². The molecule has 0 aliphatic carbocycles. The van der Waals surface area contributed by atoms with Crippen molar-refractivity contribution < 1.29 is 9.90 Å². The normalized spacial score (nSPS) is 10.8. The zero-order valence-corrected chi connectivity index (χ0v) is 13.4. The first-order chi connectivity index (χ1) is 12.6. The topological polar surface area (TPSA) is 128 Å². The first-order valence-corrected chi connectivity index (χ1v) is 7.67. The molecule has 26 heavy (non-hydrogen) atoms. The molecule has 0 aliphatic heterocycles. The zero-order valence-electron chi connectivity index (χ0n) is 13.4. The average Bonchev–Trinajstić information content (AvgIpc) is 2.68. The van der Waals surface area contributed by atoms with Gasteiger partial charge in [0.2, 0.25) is 0 Å². The van der Waals surface area contributed by atoms with Crippen molar-refractivity contribution in [3.8, 4) is 22.6 Å². The molecule has 3 N–H and O–H groups in total. The Bertz CT molecular complexity index is 1130. The second-order valence-electron chi connectivity index (χ2n) is 5.46. The standard InChI is InChI=1S/C18H12N6O2/c19-13-9-21-17-15(22-13)14(10-4-2-1-3-5-10)23-16(24-17)11-6-7-20-8-12(11)18(25)26/h1-9H,(H2,19,22)(H,25,26). The van der Waals surface area contributed by atoms with E-state index in [9.17, 15) is 9.90 Å². The summed E-state index contributed by atoms with van der Waals surface area (Å²) in [4.78, 5) is 32.9. The molecule has 0 aliphatic rings. The summed E-state index contributed by atoms with van der Waals surface area (Å²) in [7, 11) is 0. The van der Waals surface area contributed by atoms with Gasteiger partial charge in [-0.25, -0.2) is 24.7 Å². The highest BCUT2D eigenvalue weighted by molar-refractivity contribution is 5.96. The molecule has 0 saturated carbocycles. The molecular weight excluding hydrogens is 332 g/mol. The fraction of sp³-hybridized carbons (Fsp3) is 0. The number of fused-ring (bicyclic) bond motifs is 1. The number of pyridine rings is 1. The number of hydrogen-bond acceptors (Lipinski definition) is 7. The van der Waals surface area contributed by atoms with Crippen LogP contribution in [0.1, 0.15) is 10.4 Å². The number of benzene rings is 1. The summed E-state index contributed by atoms with van der Waals surface area (Å²) in [6, 6.07) is 10.9. The van der Waals surface area contributed by atoms with Gasteiger partial charge in [0.05, 0.1) is 11.8 Å². The minimum atomic E-state index is -1.11. The van der Waals surface area contributed by atoms with Crippen LogP contribution in [-0.2, 0) is 0 Å². The fourth-order valence-corrected chi connectivity index (χ4v) is 2.60. The Morgan fingerprint density at radius 3 is 2.58 bits per heavy atom. The van der Waals surface area contributed by atoms with E-state index in [1.54, 1.807) is 6.07 Å². The molecule has 0 saturated heterocycles. The summed E-state index contributed by atoms with van der Waals surface area (Å²) in [5.74, 6) is -0.627. The average molecular weight is 344 g/mol. The Hall–Kier alpha value is -3.94. The highest BCUT2D eigenvalue weighted by atomic mass is 16.4. The van der Waals surface area contributed by atoms with Crippen molar-refractivity contribution in [2.24, 2.45) is 0 Å². The first-order valence-electron chi connectivity index (χ1n) is 7.67. The predicted octanol–water partition coefficient (Wildman–Crippen LogP) is 2.43. The highest BCUT2D eigenvalue weighted by Gasteiger charge is 2.18. The van der Waals surface area contributed by atoms with Crippen LogP contribution in [0.15, 0.2) is 55.0 Å². The lowest BCUT2D eigenvalue weighted by atomic mass is 10.1. The number of nitrogens with zero attached hydrogens (tertiary/aromatic N) is 5. The number of carbonyl (C=O) groups is 1. The van der Waals surface area contributed by atoms with Crippen LogP contribution in [-0.4, -0.2) is 36.0 Å². The van der Waals surface area contributed by atoms with Crippen LogP contribution in [0.3, 0.4) is 0 Å². The molecule has 8 heteroatoms. The first kappa shape index (κ1) is 15.6. The van der Waals surface area contributed by atoms with E-state index in [-0.39, 0.29) is 17.2 Å². The van der Waals surface area contributed by atoms with Crippen LogP contribution in [0.2, 0.25) is 0 Å². The molecule has 0 unspecified atom stereocenters. The molecular formula is C18H12N6O2. The minimum absolute atomic E-state index is 0.00858. The number of aromatic carboxylic acids is 1. The van der Waals surface area contributed by atoms with Gasteiger partial charge in [-0.2, -0.15) is 0 Å². The molecule has 0 atom stereocenters. The van der Waals surface area contributed by atoms with Crippen molar-refractivity contribution in [3.05, 3.63) is 60.6 Å². The number of aromatic nitrogens is 5. The summed E-state index contributed by atoms with van der Waals surface area (Å²) in [5.41, 5.74) is 8.23. The summed E-state index contributed by atoms with van der Waals surface area (Å²) in [6.07, 6.45) is 4.16. The van der Waals surface area contributed by atoms with Gasteiger partial charge in [-0.15, -0.1) is 0 Å². The number of nitrogen functional groups attached to an aromatic ring is 1. The SMILES string of the molecule is Nc1cnc2nc(-c3ccncc3C(=O)O)nc(-c3ccccc3)c2n1. The molecule has 4 rings (SSSR count). The van der Waals surface area contributed by atoms with E-state index in [4.69, 9.17) is 5.73 Å². The Morgan fingerprint density at radius 2 is 1.81 bits per heavy atom. The monoisotopic (exact) mass is 344 g/mol. The van der Waals surface area contributed by atoms with E-state index in [0.29, 0.717) is 22.4 Å². The van der Waals surface area contributed by atoms with Crippen molar-refractivity contribution in [2.75, 3.05) is 5.73 Å². The van der Waals surface area contributed by atoms with E-state index in [1.807, 2.05) is 30.3 Å². The molecule has 0 spiro atoms. The smallest absolute Gasteiger partial charge is 0.338 e. The molecule has 3 heterocycles. The Labute approximate surface area is 147 Å². The van der Waals surface area contributed by atoms with Gasteiger partial charge >= 0.3 is 5.97 Å². The lowest BCUT2D eigenvalue weighted by molar-refractivity contribution is 0.0697. The summed E-state index contributed by atoms with van der Waals surface area (Å²) < 4.78 is 0. The van der Waals surface area contributed by atoms with Gasteiger partial charge < -0.3 is 10.8 Å². The largest absolute Gasteiger partial charge is 0.478 e. The highest BCUT2D eigenvalue weighted by Crippen LogP contribution is 2.28. The van der Waals surface area contributed by atoms with Crippen LogP contribution in [0.5, 0.6) is 0 Å². The van der Waals surface area contributed by atoms with Crippen molar-refractivity contribution in [3.63, 3.8) is 0 Å². The molecule has 0 amide bonds.